The minimum Gasteiger partial charge on any atom is -0.486 e. The Balaban J connectivity index is 2.07. The van der Waals surface area contributed by atoms with Crippen LogP contribution in [0, 0.1) is 20.8 Å². The third-order valence-electron chi connectivity index (χ3n) is 4.15. The number of para-hydroxylation sites is 1. The number of nitrogens with two attached hydrogens (primary N) is 1. The zero-order chi connectivity index (χ0) is 15.0. The minimum atomic E-state index is -0.207. The molecule has 0 fully saturated rings. The van der Waals surface area contributed by atoms with Gasteiger partial charge in [0.15, 0.2) is 11.5 Å². The van der Waals surface area contributed by atoms with Crippen LogP contribution >= 0.6 is 0 Å². The SMILES string of the molecule is Cc1cc(C)c(C(N)c2cccc3c2OCCO3)cc1C. The molecule has 0 spiro atoms. The molecule has 0 amide bonds. The van der Waals surface area contributed by atoms with Crippen molar-refractivity contribution in [2.45, 2.75) is 26.8 Å². The molecule has 0 aromatic heterocycles. The molecule has 0 aliphatic carbocycles. The van der Waals surface area contributed by atoms with Crippen LogP contribution in [0.1, 0.15) is 33.9 Å². The van der Waals surface area contributed by atoms with Gasteiger partial charge in [-0.1, -0.05) is 24.3 Å². The highest BCUT2D eigenvalue weighted by atomic mass is 16.6. The average molecular weight is 283 g/mol. The van der Waals surface area contributed by atoms with Gasteiger partial charge < -0.3 is 15.2 Å². The fourth-order valence-corrected chi connectivity index (χ4v) is 2.83. The standard InChI is InChI=1S/C18H21NO2/c1-11-9-13(3)15(10-12(11)2)17(19)14-5-4-6-16-18(14)21-8-7-20-16/h4-6,9-10,17H,7-8,19H2,1-3H3. The summed E-state index contributed by atoms with van der Waals surface area (Å²) in [4.78, 5) is 0. The topological polar surface area (TPSA) is 44.5 Å². The molecule has 1 unspecified atom stereocenters. The fraction of sp³-hybridized carbons (Fsp3) is 0.333. The van der Waals surface area contributed by atoms with Gasteiger partial charge in [0, 0.05) is 5.56 Å². The number of ether oxygens (including phenoxy) is 2. The number of rotatable bonds is 2. The highest BCUT2D eigenvalue weighted by Gasteiger charge is 2.22. The molecule has 0 radical (unpaired) electrons. The molecule has 1 atom stereocenters. The van der Waals surface area contributed by atoms with Crippen molar-refractivity contribution in [3.8, 4) is 11.5 Å². The van der Waals surface area contributed by atoms with Gasteiger partial charge in [-0.15, -0.1) is 0 Å². The van der Waals surface area contributed by atoms with Gasteiger partial charge in [0.25, 0.3) is 0 Å². The molecule has 1 aliphatic heterocycles. The number of aryl methyl sites for hydroxylation is 3. The van der Waals surface area contributed by atoms with Crippen LogP contribution in [-0.4, -0.2) is 13.2 Å². The molecule has 0 saturated carbocycles. The van der Waals surface area contributed by atoms with E-state index in [0.29, 0.717) is 13.2 Å². The van der Waals surface area contributed by atoms with E-state index < -0.39 is 0 Å². The lowest BCUT2D eigenvalue weighted by Gasteiger charge is -2.24. The molecule has 3 rings (SSSR count). The molecular formula is C18H21NO2. The molecular weight excluding hydrogens is 262 g/mol. The summed E-state index contributed by atoms with van der Waals surface area (Å²) in [5.74, 6) is 1.57. The predicted octanol–water partition coefficient (Wildman–Crippen LogP) is 3.43. The van der Waals surface area contributed by atoms with Gasteiger partial charge in [0.1, 0.15) is 13.2 Å². The Hall–Kier alpha value is -2.00. The largest absolute Gasteiger partial charge is 0.486 e. The fourth-order valence-electron chi connectivity index (χ4n) is 2.83. The molecule has 0 saturated heterocycles. The lowest BCUT2D eigenvalue weighted by Crippen LogP contribution is -2.20. The molecule has 2 aromatic carbocycles. The van der Waals surface area contributed by atoms with Crippen LogP contribution in [0.4, 0.5) is 0 Å². The summed E-state index contributed by atoms with van der Waals surface area (Å²) < 4.78 is 11.4. The Kier molecular flexibility index (Phi) is 3.60. The van der Waals surface area contributed by atoms with E-state index in [0.717, 1.165) is 22.6 Å². The second kappa shape index (κ2) is 5.41. The second-order valence-corrected chi connectivity index (χ2v) is 5.64. The van der Waals surface area contributed by atoms with Gasteiger partial charge in [0.05, 0.1) is 6.04 Å². The Morgan fingerprint density at radius 3 is 2.43 bits per heavy atom. The Morgan fingerprint density at radius 2 is 1.62 bits per heavy atom. The van der Waals surface area contributed by atoms with Crippen molar-refractivity contribution in [2.24, 2.45) is 5.73 Å². The summed E-state index contributed by atoms with van der Waals surface area (Å²) in [6, 6.07) is 10.1. The molecule has 2 aromatic rings. The summed E-state index contributed by atoms with van der Waals surface area (Å²) in [5, 5.41) is 0. The summed E-state index contributed by atoms with van der Waals surface area (Å²) in [5.41, 5.74) is 12.4. The summed E-state index contributed by atoms with van der Waals surface area (Å²) >= 11 is 0. The number of hydrogen-bond donors (Lipinski definition) is 1. The van der Waals surface area contributed by atoms with Gasteiger partial charge in [0.2, 0.25) is 0 Å². The van der Waals surface area contributed by atoms with Crippen LogP contribution in [0.3, 0.4) is 0 Å². The molecule has 3 heteroatoms. The van der Waals surface area contributed by atoms with Gasteiger partial charge >= 0.3 is 0 Å². The van der Waals surface area contributed by atoms with Crippen LogP contribution in [0.2, 0.25) is 0 Å². The second-order valence-electron chi connectivity index (χ2n) is 5.64. The number of fused-ring (bicyclic) bond motifs is 1. The van der Waals surface area contributed by atoms with Gasteiger partial charge in [-0.3, -0.25) is 0 Å². The first kappa shape index (κ1) is 14.0. The molecule has 21 heavy (non-hydrogen) atoms. The van der Waals surface area contributed by atoms with Gasteiger partial charge in [-0.2, -0.15) is 0 Å². The summed E-state index contributed by atoms with van der Waals surface area (Å²) in [7, 11) is 0. The normalized spacial score (nSPS) is 14.9. The van der Waals surface area contributed by atoms with Crippen molar-refractivity contribution in [1.29, 1.82) is 0 Å². The molecule has 2 N–H and O–H groups in total. The van der Waals surface area contributed by atoms with E-state index in [1.165, 1.54) is 16.7 Å². The smallest absolute Gasteiger partial charge is 0.166 e. The summed E-state index contributed by atoms with van der Waals surface area (Å²) in [6.07, 6.45) is 0. The van der Waals surface area contributed by atoms with Crippen LogP contribution in [0.25, 0.3) is 0 Å². The zero-order valence-corrected chi connectivity index (χ0v) is 12.8. The van der Waals surface area contributed by atoms with E-state index in [9.17, 15) is 0 Å². The Labute approximate surface area is 125 Å². The molecule has 3 nitrogen and oxygen atoms in total. The third kappa shape index (κ3) is 2.49. The van der Waals surface area contributed by atoms with Gasteiger partial charge in [-0.05, 0) is 49.1 Å². The van der Waals surface area contributed by atoms with Crippen molar-refractivity contribution in [3.05, 3.63) is 58.1 Å². The van der Waals surface area contributed by atoms with E-state index in [4.69, 9.17) is 15.2 Å². The van der Waals surface area contributed by atoms with Crippen molar-refractivity contribution >= 4 is 0 Å². The highest BCUT2D eigenvalue weighted by Crippen LogP contribution is 2.39. The van der Waals surface area contributed by atoms with Crippen molar-refractivity contribution in [1.82, 2.24) is 0 Å². The van der Waals surface area contributed by atoms with Gasteiger partial charge in [-0.25, -0.2) is 0 Å². The highest BCUT2D eigenvalue weighted by molar-refractivity contribution is 5.52. The Bertz CT molecular complexity index is 679. The lowest BCUT2D eigenvalue weighted by atomic mass is 9.91. The molecule has 110 valence electrons. The minimum absolute atomic E-state index is 0.207. The van der Waals surface area contributed by atoms with E-state index >= 15 is 0 Å². The number of benzene rings is 2. The maximum absolute atomic E-state index is 6.52. The van der Waals surface area contributed by atoms with E-state index in [2.05, 4.69) is 32.9 Å². The maximum Gasteiger partial charge on any atom is 0.166 e. The van der Waals surface area contributed by atoms with Crippen LogP contribution in [-0.2, 0) is 0 Å². The van der Waals surface area contributed by atoms with Crippen LogP contribution in [0.5, 0.6) is 11.5 Å². The van der Waals surface area contributed by atoms with E-state index in [1.54, 1.807) is 0 Å². The van der Waals surface area contributed by atoms with E-state index in [-0.39, 0.29) is 6.04 Å². The Morgan fingerprint density at radius 1 is 0.905 bits per heavy atom. The maximum atomic E-state index is 6.52. The molecule has 0 bridgehead atoms. The molecule has 1 aliphatic rings. The first-order valence-corrected chi connectivity index (χ1v) is 7.29. The lowest BCUT2D eigenvalue weighted by molar-refractivity contribution is 0.169. The average Bonchev–Trinajstić information content (AvgIpc) is 2.49. The van der Waals surface area contributed by atoms with Crippen LogP contribution in [0.15, 0.2) is 30.3 Å². The predicted molar refractivity (Wildman–Crippen MR) is 84.1 cm³/mol. The monoisotopic (exact) mass is 283 g/mol. The zero-order valence-electron chi connectivity index (χ0n) is 12.8. The van der Waals surface area contributed by atoms with E-state index in [1.807, 2.05) is 18.2 Å². The van der Waals surface area contributed by atoms with Crippen molar-refractivity contribution in [3.63, 3.8) is 0 Å². The quantitative estimate of drug-likeness (QED) is 0.918. The van der Waals surface area contributed by atoms with Crippen LogP contribution < -0.4 is 15.2 Å². The first-order chi connectivity index (χ1) is 10.1. The van der Waals surface area contributed by atoms with Crippen molar-refractivity contribution in [2.75, 3.05) is 13.2 Å². The van der Waals surface area contributed by atoms with Crippen molar-refractivity contribution < 1.29 is 9.47 Å². The number of hydrogen-bond acceptors (Lipinski definition) is 3. The third-order valence-corrected chi connectivity index (χ3v) is 4.15. The summed E-state index contributed by atoms with van der Waals surface area (Å²) in [6.45, 7) is 7.51. The first-order valence-electron chi connectivity index (χ1n) is 7.29. The molecule has 1 heterocycles.